The van der Waals surface area contributed by atoms with E-state index in [0.717, 1.165) is 5.69 Å². The molecule has 2 atom stereocenters. The van der Waals surface area contributed by atoms with Gasteiger partial charge < -0.3 is 9.47 Å². The first-order valence-corrected chi connectivity index (χ1v) is 6.04. The van der Waals surface area contributed by atoms with Crippen molar-refractivity contribution in [3.05, 3.63) is 23.5 Å². The molecule has 0 bridgehead atoms. The summed E-state index contributed by atoms with van der Waals surface area (Å²) in [5, 5.41) is 8.45. The van der Waals surface area contributed by atoms with Gasteiger partial charge in [-0.05, 0) is 26.0 Å². The van der Waals surface area contributed by atoms with Crippen molar-refractivity contribution in [2.45, 2.75) is 31.8 Å². The molecule has 4 nitrogen and oxygen atoms in total. The lowest BCUT2D eigenvalue weighted by molar-refractivity contribution is -0.133. The van der Waals surface area contributed by atoms with Crippen molar-refractivity contribution in [2.24, 2.45) is 0 Å². The molecular weight excluding hydrogens is 238 g/mol. The van der Waals surface area contributed by atoms with Crippen LogP contribution in [0.2, 0.25) is 0 Å². The van der Waals surface area contributed by atoms with Crippen LogP contribution in [0.5, 0.6) is 0 Å². The van der Waals surface area contributed by atoms with E-state index in [2.05, 4.69) is 6.07 Å². The number of carbonyl (C=O) groups is 1. The van der Waals surface area contributed by atoms with Crippen molar-refractivity contribution in [3.8, 4) is 6.07 Å². The lowest BCUT2D eigenvalue weighted by Crippen LogP contribution is -2.43. The molecule has 1 aliphatic rings. The SMILES string of the molecule is CC(Cl)C(=O)N1CCn2c(C#N)ccc2C1C. The van der Waals surface area contributed by atoms with Crippen LogP contribution in [0.25, 0.3) is 0 Å². The monoisotopic (exact) mass is 251 g/mol. The van der Waals surface area contributed by atoms with Crippen molar-refractivity contribution in [3.63, 3.8) is 0 Å². The van der Waals surface area contributed by atoms with E-state index < -0.39 is 5.38 Å². The maximum absolute atomic E-state index is 11.9. The van der Waals surface area contributed by atoms with E-state index in [4.69, 9.17) is 16.9 Å². The Morgan fingerprint density at radius 3 is 2.88 bits per heavy atom. The fraction of sp³-hybridized carbons (Fsp3) is 0.500. The zero-order valence-corrected chi connectivity index (χ0v) is 10.6. The van der Waals surface area contributed by atoms with Gasteiger partial charge in [0.2, 0.25) is 5.91 Å². The quantitative estimate of drug-likeness (QED) is 0.716. The molecular formula is C12H14ClN3O. The zero-order valence-electron chi connectivity index (χ0n) is 9.85. The number of aromatic nitrogens is 1. The third-order valence-corrected chi connectivity index (χ3v) is 3.40. The maximum atomic E-state index is 11.9. The average Bonchev–Trinajstić information content (AvgIpc) is 2.72. The molecule has 0 fully saturated rings. The first-order chi connectivity index (χ1) is 8.06. The third kappa shape index (κ3) is 1.91. The van der Waals surface area contributed by atoms with Gasteiger partial charge in [0.15, 0.2) is 0 Å². The third-order valence-electron chi connectivity index (χ3n) is 3.21. The molecule has 1 aliphatic heterocycles. The Morgan fingerprint density at radius 1 is 1.59 bits per heavy atom. The molecule has 0 radical (unpaired) electrons. The molecule has 0 N–H and O–H groups in total. The number of nitrogens with zero attached hydrogens (tertiary/aromatic N) is 3. The Kier molecular flexibility index (Phi) is 3.12. The van der Waals surface area contributed by atoms with Gasteiger partial charge >= 0.3 is 0 Å². The van der Waals surface area contributed by atoms with E-state index >= 15 is 0 Å². The molecule has 2 heterocycles. The minimum absolute atomic E-state index is 0.0282. The van der Waals surface area contributed by atoms with Gasteiger partial charge in [0.05, 0.1) is 6.04 Å². The van der Waals surface area contributed by atoms with Gasteiger partial charge in [0, 0.05) is 18.8 Å². The average molecular weight is 252 g/mol. The lowest BCUT2D eigenvalue weighted by atomic mass is 10.1. The Bertz CT molecular complexity index is 486. The van der Waals surface area contributed by atoms with Crippen LogP contribution >= 0.6 is 11.6 Å². The number of halogens is 1. The highest BCUT2D eigenvalue weighted by atomic mass is 35.5. The summed E-state index contributed by atoms with van der Waals surface area (Å²) >= 11 is 5.84. The molecule has 0 aliphatic carbocycles. The number of fused-ring (bicyclic) bond motifs is 1. The summed E-state index contributed by atoms with van der Waals surface area (Å²) in [6, 6.07) is 5.83. The largest absolute Gasteiger partial charge is 0.333 e. The zero-order chi connectivity index (χ0) is 12.6. The topological polar surface area (TPSA) is 49.0 Å². The minimum atomic E-state index is -0.505. The molecule has 0 spiro atoms. The van der Waals surface area contributed by atoms with E-state index in [1.165, 1.54) is 0 Å². The Labute approximate surface area is 105 Å². The Balaban J connectivity index is 2.31. The fourth-order valence-corrected chi connectivity index (χ4v) is 2.41. The van der Waals surface area contributed by atoms with Gasteiger partial charge in [-0.3, -0.25) is 4.79 Å². The predicted octanol–water partition coefficient (Wildman–Crippen LogP) is 1.89. The summed E-state index contributed by atoms with van der Waals surface area (Å²) in [6.45, 7) is 4.91. The van der Waals surface area contributed by atoms with Crippen LogP contribution < -0.4 is 0 Å². The first kappa shape index (κ1) is 12.0. The van der Waals surface area contributed by atoms with Crippen LogP contribution in [-0.4, -0.2) is 27.3 Å². The van der Waals surface area contributed by atoms with E-state index in [1.54, 1.807) is 17.9 Å². The van der Waals surface area contributed by atoms with Gasteiger partial charge in [0.1, 0.15) is 17.1 Å². The summed E-state index contributed by atoms with van der Waals surface area (Å²) in [7, 11) is 0. The Hall–Kier alpha value is -1.47. The van der Waals surface area contributed by atoms with Crippen molar-refractivity contribution < 1.29 is 4.79 Å². The van der Waals surface area contributed by atoms with E-state index in [-0.39, 0.29) is 11.9 Å². The highest BCUT2D eigenvalue weighted by Crippen LogP contribution is 2.28. The number of hydrogen-bond acceptors (Lipinski definition) is 2. The van der Waals surface area contributed by atoms with Crippen LogP contribution in [0.1, 0.15) is 31.3 Å². The lowest BCUT2D eigenvalue weighted by Gasteiger charge is -2.35. The molecule has 5 heteroatoms. The number of hydrogen-bond donors (Lipinski definition) is 0. The molecule has 2 rings (SSSR count). The molecule has 2 unspecified atom stereocenters. The standard InChI is InChI=1S/C12H14ClN3O/c1-8(13)12(17)15-5-6-16-10(7-14)3-4-11(16)9(15)2/h3-4,8-9H,5-6H2,1-2H3. The molecule has 0 aromatic carbocycles. The minimum Gasteiger partial charge on any atom is -0.333 e. The summed E-state index contributed by atoms with van der Waals surface area (Å²) < 4.78 is 1.97. The van der Waals surface area contributed by atoms with Gasteiger partial charge in [-0.2, -0.15) is 5.26 Å². The second-order valence-corrected chi connectivity index (χ2v) is 4.89. The number of alkyl halides is 1. The molecule has 0 saturated carbocycles. The Morgan fingerprint density at radius 2 is 2.29 bits per heavy atom. The highest BCUT2D eigenvalue weighted by Gasteiger charge is 2.30. The number of amides is 1. The number of rotatable bonds is 1. The molecule has 17 heavy (non-hydrogen) atoms. The van der Waals surface area contributed by atoms with Crippen molar-refractivity contribution in [2.75, 3.05) is 6.54 Å². The second kappa shape index (κ2) is 4.42. The molecule has 1 aromatic heterocycles. The number of carbonyl (C=O) groups excluding carboxylic acids is 1. The summed E-state index contributed by atoms with van der Waals surface area (Å²) in [5.41, 5.74) is 1.65. The maximum Gasteiger partial charge on any atom is 0.240 e. The predicted molar refractivity (Wildman–Crippen MR) is 64.6 cm³/mol. The van der Waals surface area contributed by atoms with Gasteiger partial charge in [-0.25, -0.2) is 0 Å². The van der Waals surface area contributed by atoms with Crippen molar-refractivity contribution in [1.82, 2.24) is 9.47 Å². The summed E-state index contributed by atoms with van der Waals surface area (Å²) in [4.78, 5) is 13.7. The fourth-order valence-electron chi connectivity index (χ4n) is 2.29. The smallest absolute Gasteiger partial charge is 0.240 e. The summed E-state index contributed by atoms with van der Waals surface area (Å²) in [6.07, 6.45) is 0. The highest BCUT2D eigenvalue weighted by molar-refractivity contribution is 6.30. The van der Waals surface area contributed by atoms with Crippen LogP contribution in [0.15, 0.2) is 12.1 Å². The number of nitriles is 1. The van der Waals surface area contributed by atoms with Gasteiger partial charge in [-0.1, -0.05) is 0 Å². The molecule has 1 amide bonds. The van der Waals surface area contributed by atoms with Gasteiger partial charge in [-0.15, -0.1) is 11.6 Å². The normalized spacial score (nSPS) is 20.6. The molecule has 0 saturated heterocycles. The van der Waals surface area contributed by atoms with Crippen LogP contribution in [-0.2, 0) is 11.3 Å². The second-order valence-electron chi connectivity index (χ2n) is 4.23. The van der Waals surface area contributed by atoms with Crippen LogP contribution in [0.4, 0.5) is 0 Å². The summed E-state index contributed by atoms with van der Waals surface area (Å²) in [5.74, 6) is -0.0508. The van der Waals surface area contributed by atoms with Gasteiger partial charge in [0.25, 0.3) is 0 Å². The van der Waals surface area contributed by atoms with E-state index in [0.29, 0.717) is 18.8 Å². The molecule has 90 valence electrons. The molecule has 1 aromatic rings. The van der Waals surface area contributed by atoms with Crippen LogP contribution in [0, 0.1) is 11.3 Å². The van der Waals surface area contributed by atoms with Crippen molar-refractivity contribution >= 4 is 17.5 Å². The van der Waals surface area contributed by atoms with E-state index in [1.807, 2.05) is 17.6 Å². The van der Waals surface area contributed by atoms with E-state index in [9.17, 15) is 4.79 Å². The van der Waals surface area contributed by atoms with Crippen LogP contribution in [0.3, 0.4) is 0 Å². The first-order valence-electron chi connectivity index (χ1n) is 5.60. The van der Waals surface area contributed by atoms with Crippen molar-refractivity contribution in [1.29, 1.82) is 5.26 Å².